The molecule has 0 saturated carbocycles. The average Bonchev–Trinajstić information content (AvgIpc) is 3.31. The number of nitrogens with zero attached hydrogens (tertiary/aromatic N) is 3. The van der Waals surface area contributed by atoms with Crippen LogP contribution in [0.4, 0.5) is 5.69 Å². The zero-order valence-electron chi connectivity index (χ0n) is 15.4. The largest absolute Gasteiger partial charge is 0.456 e. The second kappa shape index (κ2) is 7.17. The number of hydrogen-bond acceptors (Lipinski definition) is 6. The number of pyridine rings is 1. The van der Waals surface area contributed by atoms with E-state index in [0.717, 1.165) is 29.7 Å². The molecule has 1 aliphatic heterocycles. The van der Waals surface area contributed by atoms with Gasteiger partial charge < -0.3 is 20.3 Å². The van der Waals surface area contributed by atoms with E-state index >= 15 is 0 Å². The van der Waals surface area contributed by atoms with Gasteiger partial charge in [-0.15, -0.1) is 11.3 Å². The molecule has 3 heterocycles. The highest BCUT2D eigenvalue weighted by Gasteiger charge is 2.29. The third-order valence-electron chi connectivity index (χ3n) is 4.88. The van der Waals surface area contributed by atoms with Gasteiger partial charge in [0.05, 0.1) is 15.1 Å². The fourth-order valence-corrected chi connectivity index (χ4v) is 4.30. The molecule has 1 saturated heterocycles. The van der Waals surface area contributed by atoms with Gasteiger partial charge in [0, 0.05) is 37.1 Å². The highest BCUT2D eigenvalue weighted by atomic mass is 32.1. The summed E-state index contributed by atoms with van der Waals surface area (Å²) in [4.78, 5) is 22.1. The molecule has 0 aliphatic carbocycles. The maximum Gasteiger partial charge on any atom is 0.264 e. The quantitative estimate of drug-likeness (QED) is 0.700. The number of rotatable bonds is 4. The molecule has 1 atom stereocenters. The van der Waals surface area contributed by atoms with Crippen molar-refractivity contribution in [1.82, 2.24) is 14.8 Å². The molecule has 0 bridgehead atoms. The van der Waals surface area contributed by atoms with Crippen LogP contribution < -0.4 is 10.5 Å². The van der Waals surface area contributed by atoms with Crippen molar-refractivity contribution in [3.63, 3.8) is 0 Å². The SMILES string of the molecule is CN(C)[C@@H]1CCN(C(=O)c2cc3nccc(Oc4ccc(N)cc4)c3s2)C1. The lowest BCUT2D eigenvalue weighted by atomic mass is 10.2. The molecule has 1 aromatic carbocycles. The van der Waals surface area contributed by atoms with Crippen molar-refractivity contribution < 1.29 is 9.53 Å². The van der Waals surface area contributed by atoms with E-state index in [0.29, 0.717) is 28.1 Å². The van der Waals surface area contributed by atoms with Crippen LogP contribution in [0.1, 0.15) is 16.1 Å². The normalized spacial score (nSPS) is 17.0. The first-order chi connectivity index (χ1) is 13.0. The van der Waals surface area contributed by atoms with E-state index in [-0.39, 0.29) is 5.91 Å². The van der Waals surface area contributed by atoms with E-state index in [1.807, 2.05) is 29.2 Å². The van der Waals surface area contributed by atoms with Crippen molar-refractivity contribution in [2.24, 2.45) is 0 Å². The number of nitrogen functional groups attached to an aromatic ring is 1. The van der Waals surface area contributed by atoms with Gasteiger partial charge >= 0.3 is 0 Å². The van der Waals surface area contributed by atoms with E-state index in [9.17, 15) is 4.79 Å². The molecule has 2 N–H and O–H groups in total. The number of carbonyl (C=O) groups is 1. The first-order valence-electron chi connectivity index (χ1n) is 8.89. The standard InChI is InChI=1S/C20H22N4O2S/c1-23(2)14-8-10-24(12-14)20(25)18-11-16-19(27-18)17(7-9-22-16)26-15-5-3-13(21)4-6-15/h3-7,9,11,14H,8,10,12,21H2,1-2H3/t14-/m1/s1. The molecule has 6 nitrogen and oxygen atoms in total. The van der Waals surface area contributed by atoms with Gasteiger partial charge in [0.15, 0.2) is 0 Å². The van der Waals surface area contributed by atoms with Crippen molar-refractivity contribution in [3.8, 4) is 11.5 Å². The number of fused-ring (bicyclic) bond motifs is 1. The molecular formula is C20H22N4O2S. The van der Waals surface area contributed by atoms with Crippen LogP contribution in [0.25, 0.3) is 10.2 Å². The van der Waals surface area contributed by atoms with E-state index in [1.165, 1.54) is 11.3 Å². The Labute approximate surface area is 162 Å². The van der Waals surface area contributed by atoms with Gasteiger partial charge in [0.25, 0.3) is 5.91 Å². The Hall–Kier alpha value is -2.64. The van der Waals surface area contributed by atoms with Gasteiger partial charge in [-0.2, -0.15) is 0 Å². The summed E-state index contributed by atoms with van der Waals surface area (Å²) in [6, 6.07) is 11.4. The summed E-state index contributed by atoms with van der Waals surface area (Å²) in [5.74, 6) is 1.47. The van der Waals surface area contributed by atoms with E-state index in [2.05, 4.69) is 24.0 Å². The topological polar surface area (TPSA) is 71.7 Å². The van der Waals surface area contributed by atoms with E-state index in [1.54, 1.807) is 18.3 Å². The van der Waals surface area contributed by atoms with Gasteiger partial charge in [-0.3, -0.25) is 9.78 Å². The van der Waals surface area contributed by atoms with Gasteiger partial charge in [-0.05, 0) is 50.8 Å². The summed E-state index contributed by atoms with van der Waals surface area (Å²) < 4.78 is 6.87. The van der Waals surface area contributed by atoms with Crippen molar-refractivity contribution in [3.05, 3.63) is 47.5 Å². The summed E-state index contributed by atoms with van der Waals surface area (Å²) in [6.07, 6.45) is 2.71. The number of hydrogen-bond donors (Lipinski definition) is 1. The molecule has 1 amide bonds. The number of ether oxygens (including phenoxy) is 1. The molecule has 1 aliphatic rings. The molecule has 2 aromatic heterocycles. The minimum atomic E-state index is 0.0702. The minimum absolute atomic E-state index is 0.0702. The molecule has 0 spiro atoms. The van der Waals surface area contributed by atoms with Crippen LogP contribution in [-0.2, 0) is 0 Å². The number of carbonyl (C=O) groups excluding carboxylic acids is 1. The summed E-state index contributed by atoms with van der Waals surface area (Å²) >= 11 is 1.43. The lowest BCUT2D eigenvalue weighted by Gasteiger charge is -2.19. The van der Waals surface area contributed by atoms with Crippen LogP contribution >= 0.6 is 11.3 Å². The third-order valence-corrected chi connectivity index (χ3v) is 6.00. The zero-order chi connectivity index (χ0) is 19.0. The Morgan fingerprint density at radius 1 is 1.30 bits per heavy atom. The molecule has 0 radical (unpaired) electrons. The van der Waals surface area contributed by atoms with Crippen molar-refractivity contribution in [1.29, 1.82) is 0 Å². The van der Waals surface area contributed by atoms with Crippen molar-refractivity contribution >= 4 is 33.1 Å². The maximum absolute atomic E-state index is 12.9. The van der Waals surface area contributed by atoms with E-state index < -0.39 is 0 Å². The predicted octanol–water partition coefficient (Wildman–Crippen LogP) is 3.45. The smallest absolute Gasteiger partial charge is 0.264 e. The number of likely N-dealkylation sites (N-methyl/N-ethyl adjacent to an activating group) is 1. The lowest BCUT2D eigenvalue weighted by molar-refractivity contribution is 0.0788. The fourth-order valence-electron chi connectivity index (χ4n) is 3.27. The van der Waals surface area contributed by atoms with Crippen LogP contribution in [0.15, 0.2) is 42.6 Å². The zero-order valence-corrected chi connectivity index (χ0v) is 16.2. The number of thiophene rings is 1. The predicted molar refractivity (Wildman–Crippen MR) is 109 cm³/mol. The third kappa shape index (κ3) is 3.61. The van der Waals surface area contributed by atoms with Crippen molar-refractivity contribution in [2.75, 3.05) is 32.9 Å². The molecule has 3 aromatic rings. The molecule has 4 rings (SSSR count). The Balaban J connectivity index is 1.59. The summed E-state index contributed by atoms with van der Waals surface area (Å²) in [6.45, 7) is 1.56. The molecule has 0 unspecified atom stereocenters. The maximum atomic E-state index is 12.9. The second-order valence-electron chi connectivity index (χ2n) is 6.96. The Morgan fingerprint density at radius 2 is 2.07 bits per heavy atom. The fraction of sp³-hybridized carbons (Fsp3) is 0.300. The Bertz CT molecular complexity index is 968. The number of benzene rings is 1. The van der Waals surface area contributed by atoms with Gasteiger partial charge in [-0.25, -0.2) is 0 Å². The number of likely N-dealkylation sites (tertiary alicyclic amines) is 1. The minimum Gasteiger partial charge on any atom is -0.456 e. The van der Waals surface area contributed by atoms with Crippen LogP contribution in [0, 0.1) is 0 Å². The molecule has 7 heteroatoms. The van der Waals surface area contributed by atoms with Gasteiger partial charge in [0.2, 0.25) is 0 Å². The first-order valence-corrected chi connectivity index (χ1v) is 9.70. The monoisotopic (exact) mass is 382 g/mol. The Kier molecular flexibility index (Phi) is 4.72. The molecule has 27 heavy (non-hydrogen) atoms. The molecule has 140 valence electrons. The first kappa shape index (κ1) is 17.8. The van der Waals surface area contributed by atoms with E-state index in [4.69, 9.17) is 10.5 Å². The van der Waals surface area contributed by atoms with Crippen LogP contribution in [0.5, 0.6) is 11.5 Å². The van der Waals surface area contributed by atoms with Gasteiger partial charge in [0.1, 0.15) is 11.5 Å². The molecular weight excluding hydrogens is 360 g/mol. The van der Waals surface area contributed by atoms with Gasteiger partial charge in [-0.1, -0.05) is 0 Å². The summed E-state index contributed by atoms with van der Waals surface area (Å²) in [7, 11) is 4.12. The average molecular weight is 382 g/mol. The number of nitrogens with two attached hydrogens (primary N) is 1. The number of anilines is 1. The highest BCUT2D eigenvalue weighted by Crippen LogP contribution is 2.35. The van der Waals surface area contributed by atoms with Crippen LogP contribution in [0.3, 0.4) is 0 Å². The number of aromatic nitrogens is 1. The second-order valence-corrected chi connectivity index (χ2v) is 8.01. The Morgan fingerprint density at radius 3 is 2.78 bits per heavy atom. The summed E-state index contributed by atoms with van der Waals surface area (Å²) in [5.41, 5.74) is 7.19. The number of amides is 1. The highest BCUT2D eigenvalue weighted by molar-refractivity contribution is 7.21. The van der Waals surface area contributed by atoms with Crippen LogP contribution in [-0.4, -0.2) is 53.9 Å². The van der Waals surface area contributed by atoms with Crippen molar-refractivity contribution in [2.45, 2.75) is 12.5 Å². The summed E-state index contributed by atoms with van der Waals surface area (Å²) in [5, 5.41) is 0. The van der Waals surface area contributed by atoms with Crippen LogP contribution in [0.2, 0.25) is 0 Å². The molecule has 1 fully saturated rings. The lowest BCUT2D eigenvalue weighted by Crippen LogP contribution is -2.34.